The number of carbonyl (C=O) groups is 1. The van der Waals surface area contributed by atoms with Crippen LogP contribution >= 0.6 is 0 Å². The third kappa shape index (κ3) is 3.38. The number of halogens is 1. The van der Waals surface area contributed by atoms with E-state index in [4.69, 9.17) is 9.82 Å². The van der Waals surface area contributed by atoms with Crippen molar-refractivity contribution in [3.05, 3.63) is 65.7 Å². The van der Waals surface area contributed by atoms with Gasteiger partial charge in [-0.25, -0.2) is 9.37 Å². The van der Waals surface area contributed by atoms with E-state index in [9.17, 15) is 9.18 Å². The van der Waals surface area contributed by atoms with Crippen LogP contribution in [0.15, 0.2) is 53.7 Å². The van der Waals surface area contributed by atoms with Gasteiger partial charge in [0, 0.05) is 38.0 Å². The van der Waals surface area contributed by atoms with Gasteiger partial charge in [0.25, 0.3) is 5.91 Å². The number of aryl methyl sites for hydroxylation is 1. The summed E-state index contributed by atoms with van der Waals surface area (Å²) in [5.74, 6) is 0.694. The number of fused-ring (bicyclic) bond motifs is 1. The molecule has 2 unspecified atom stereocenters. The maximum Gasteiger partial charge on any atom is 0.269 e. The molecule has 2 aliphatic rings. The second-order valence-corrected chi connectivity index (χ2v) is 8.62. The summed E-state index contributed by atoms with van der Waals surface area (Å²) in [5, 5.41) is 4.07. The van der Waals surface area contributed by atoms with Crippen LogP contribution in [0.2, 0.25) is 0 Å². The van der Waals surface area contributed by atoms with E-state index in [0.29, 0.717) is 24.4 Å². The average Bonchev–Trinajstić information content (AvgIpc) is 3.35. The van der Waals surface area contributed by atoms with Gasteiger partial charge < -0.3 is 14.3 Å². The lowest BCUT2D eigenvalue weighted by molar-refractivity contribution is -0.154. The number of oxime groups is 1. The maximum absolute atomic E-state index is 14.2. The molecular formula is C24H25FN4O2. The highest BCUT2D eigenvalue weighted by Crippen LogP contribution is 2.33. The number of piperidine rings is 1. The molecule has 0 aliphatic carbocycles. The first-order chi connectivity index (χ1) is 15.0. The number of amides is 1. The predicted molar refractivity (Wildman–Crippen MR) is 116 cm³/mol. The highest BCUT2D eigenvalue weighted by atomic mass is 19.1. The van der Waals surface area contributed by atoms with Crippen LogP contribution in [0.3, 0.4) is 0 Å². The van der Waals surface area contributed by atoms with Crippen molar-refractivity contribution in [2.24, 2.45) is 12.2 Å². The summed E-state index contributed by atoms with van der Waals surface area (Å²) in [7, 11) is 2.03. The van der Waals surface area contributed by atoms with Crippen molar-refractivity contribution in [1.29, 1.82) is 0 Å². The van der Waals surface area contributed by atoms with Crippen molar-refractivity contribution in [1.82, 2.24) is 14.5 Å². The molecular weight excluding hydrogens is 395 g/mol. The lowest BCUT2D eigenvalue weighted by Crippen LogP contribution is -2.50. The molecule has 0 spiro atoms. The number of hydrogen-bond donors (Lipinski definition) is 0. The molecule has 1 saturated heterocycles. The zero-order valence-electron chi connectivity index (χ0n) is 17.7. The monoisotopic (exact) mass is 420 g/mol. The fraction of sp³-hybridized carbons (Fsp3) is 0.375. The largest absolute Gasteiger partial charge is 0.379 e. The molecule has 5 rings (SSSR count). The molecule has 2 aliphatic heterocycles. The van der Waals surface area contributed by atoms with Gasteiger partial charge in [0.2, 0.25) is 5.60 Å². The first kappa shape index (κ1) is 19.7. The first-order valence-electron chi connectivity index (χ1n) is 10.7. The van der Waals surface area contributed by atoms with E-state index in [1.54, 1.807) is 25.1 Å². The Morgan fingerprint density at radius 2 is 1.97 bits per heavy atom. The number of imidazole rings is 1. The molecule has 1 aromatic heterocycles. The van der Waals surface area contributed by atoms with Crippen LogP contribution in [0.5, 0.6) is 0 Å². The number of aromatic nitrogens is 2. The smallest absolute Gasteiger partial charge is 0.269 e. The third-order valence-corrected chi connectivity index (χ3v) is 6.39. The number of carbonyl (C=O) groups excluding carboxylic acids is 1. The Morgan fingerprint density at radius 1 is 1.19 bits per heavy atom. The Labute approximate surface area is 180 Å². The van der Waals surface area contributed by atoms with Crippen LogP contribution in [-0.4, -0.2) is 44.8 Å². The second kappa shape index (κ2) is 7.48. The van der Waals surface area contributed by atoms with Crippen molar-refractivity contribution in [2.75, 3.05) is 13.1 Å². The Kier molecular flexibility index (Phi) is 4.76. The quantitative estimate of drug-likeness (QED) is 0.644. The number of para-hydroxylation sites is 2. The summed E-state index contributed by atoms with van der Waals surface area (Å²) < 4.78 is 16.3. The molecule has 6 nitrogen and oxygen atoms in total. The van der Waals surface area contributed by atoms with Crippen LogP contribution in [-0.2, 0) is 16.7 Å². The minimum atomic E-state index is -1.12. The fourth-order valence-electron chi connectivity index (χ4n) is 4.73. The minimum Gasteiger partial charge on any atom is -0.379 e. The van der Waals surface area contributed by atoms with Crippen LogP contribution in [0.4, 0.5) is 4.39 Å². The number of likely N-dealkylation sites (tertiary alicyclic amines) is 1. The van der Waals surface area contributed by atoms with Gasteiger partial charge in [0.1, 0.15) is 11.6 Å². The third-order valence-electron chi connectivity index (χ3n) is 6.39. The lowest BCUT2D eigenvalue weighted by Gasteiger charge is -2.36. The Bertz CT molecular complexity index is 1190. The Hall–Kier alpha value is -3.22. The van der Waals surface area contributed by atoms with Crippen molar-refractivity contribution in [3.8, 4) is 0 Å². The Morgan fingerprint density at radius 3 is 2.77 bits per heavy atom. The van der Waals surface area contributed by atoms with Crippen molar-refractivity contribution in [3.63, 3.8) is 0 Å². The SMILES string of the molecule is Cn1c(C2CCCN(C(=O)C3(C)CC(c4ccccc4F)=NO3)C2)nc2ccccc21. The second-order valence-electron chi connectivity index (χ2n) is 8.62. The van der Waals surface area contributed by atoms with Gasteiger partial charge in [0.15, 0.2) is 0 Å². The number of nitrogens with zero attached hydrogens (tertiary/aromatic N) is 4. The molecule has 0 bridgehead atoms. The van der Waals surface area contributed by atoms with Crippen LogP contribution in [0.25, 0.3) is 11.0 Å². The predicted octanol–water partition coefficient (Wildman–Crippen LogP) is 4.00. The summed E-state index contributed by atoms with van der Waals surface area (Å²) in [6.07, 6.45) is 2.13. The van der Waals surface area contributed by atoms with Crippen molar-refractivity contribution in [2.45, 2.75) is 37.7 Å². The van der Waals surface area contributed by atoms with Crippen molar-refractivity contribution < 1.29 is 14.0 Å². The zero-order chi connectivity index (χ0) is 21.6. The van der Waals surface area contributed by atoms with E-state index in [1.807, 2.05) is 30.1 Å². The van der Waals surface area contributed by atoms with Gasteiger partial charge in [-0.3, -0.25) is 4.79 Å². The molecule has 0 radical (unpaired) electrons. The van der Waals surface area contributed by atoms with Crippen LogP contribution in [0, 0.1) is 5.82 Å². The van der Waals surface area contributed by atoms with E-state index < -0.39 is 5.60 Å². The molecule has 2 atom stereocenters. The summed E-state index contributed by atoms with van der Waals surface area (Å²) in [6, 6.07) is 14.5. The molecule has 0 saturated carbocycles. The van der Waals surface area contributed by atoms with E-state index in [-0.39, 0.29) is 24.1 Å². The summed E-state index contributed by atoms with van der Waals surface area (Å²) >= 11 is 0. The van der Waals surface area contributed by atoms with Crippen molar-refractivity contribution >= 4 is 22.7 Å². The number of hydrogen-bond acceptors (Lipinski definition) is 4. The number of rotatable bonds is 3. The molecule has 7 heteroatoms. The summed E-state index contributed by atoms with van der Waals surface area (Å²) in [4.78, 5) is 25.7. The molecule has 160 valence electrons. The minimum absolute atomic E-state index is 0.106. The Balaban J connectivity index is 1.34. The van der Waals surface area contributed by atoms with Gasteiger partial charge >= 0.3 is 0 Å². The highest BCUT2D eigenvalue weighted by Gasteiger charge is 2.46. The first-order valence-corrected chi connectivity index (χ1v) is 10.7. The zero-order valence-corrected chi connectivity index (χ0v) is 17.7. The van der Waals surface area contributed by atoms with Gasteiger partial charge in [-0.2, -0.15) is 0 Å². The molecule has 3 heterocycles. The lowest BCUT2D eigenvalue weighted by atomic mass is 9.91. The standard InChI is InChI=1S/C24H25FN4O2/c1-24(14-20(27-31-24)17-9-3-4-10-18(17)25)23(30)29-13-7-8-16(15-29)22-26-19-11-5-6-12-21(19)28(22)2/h3-6,9-12,16H,7-8,13-15H2,1-2H3. The van der Waals surface area contributed by atoms with E-state index in [2.05, 4.69) is 15.8 Å². The number of benzene rings is 2. The van der Waals surface area contributed by atoms with E-state index in [1.165, 1.54) is 6.07 Å². The molecule has 2 aromatic carbocycles. The average molecular weight is 420 g/mol. The molecule has 31 heavy (non-hydrogen) atoms. The van der Waals surface area contributed by atoms with Crippen LogP contribution in [0.1, 0.15) is 43.5 Å². The highest BCUT2D eigenvalue weighted by molar-refractivity contribution is 6.05. The maximum atomic E-state index is 14.2. The topological polar surface area (TPSA) is 59.7 Å². The van der Waals surface area contributed by atoms with Gasteiger partial charge in [0.05, 0.1) is 16.7 Å². The summed E-state index contributed by atoms with van der Waals surface area (Å²) in [6.45, 7) is 3.00. The molecule has 0 N–H and O–H groups in total. The van der Waals surface area contributed by atoms with Gasteiger partial charge in [-0.05, 0) is 38.0 Å². The van der Waals surface area contributed by atoms with Gasteiger partial charge in [-0.1, -0.05) is 35.5 Å². The summed E-state index contributed by atoms with van der Waals surface area (Å²) in [5.41, 5.74) is 1.80. The normalized spacial score (nSPS) is 23.6. The molecule has 1 fully saturated rings. The molecule has 1 amide bonds. The van der Waals surface area contributed by atoms with Crippen LogP contribution < -0.4 is 0 Å². The fourth-order valence-corrected chi connectivity index (χ4v) is 4.73. The molecule has 3 aromatic rings. The van der Waals surface area contributed by atoms with Gasteiger partial charge in [-0.15, -0.1) is 0 Å². The van der Waals surface area contributed by atoms with E-state index >= 15 is 0 Å². The van der Waals surface area contributed by atoms with E-state index in [0.717, 1.165) is 29.7 Å².